The second-order valence-corrected chi connectivity index (χ2v) is 6.22. The molecule has 0 aliphatic heterocycles. The highest BCUT2D eigenvalue weighted by Gasteiger charge is 2.18. The molecule has 0 aliphatic rings. The van der Waals surface area contributed by atoms with Crippen molar-refractivity contribution in [3.63, 3.8) is 0 Å². The molecule has 0 radical (unpaired) electrons. The van der Waals surface area contributed by atoms with E-state index in [1.54, 1.807) is 6.07 Å². The molecule has 0 spiro atoms. The van der Waals surface area contributed by atoms with Crippen LogP contribution in [0.15, 0.2) is 61.7 Å². The predicted octanol–water partition coefficient (Wildman–Crippen LogP) is 4.20. The third kappa shape index (κ3) is 4.09. The maximum absolute atomic E-state index is 12.6. The topological polar surface area (TPSA) is 40.6 Å². The number of nitrogens with zero attached hydrogens (tertiary/aromatic N) is 2. The number of imide groups is 1. The van der Waals surface area contributed by atoms with E-state index < -0.39 is 0 Å². The van der Waals surface area contributed by atoms with E-state index in [2.05, 4.69) is 13.2 Å². The van der Waals surface area contributed by atoms with Gasteiger partial charge in [0.2, 0.25) is 6.41 Å². The van der Waals surface area contributed by atoms with Crippen molar-refractivity contribution < 1.29 is 9.59 Å². The Morgan fingerprint density at radius 1 is 1.12 bits per heavy atom. The largest absolute Gasteiger partial charge is 0.345 e. The number of carbonyl (C=O) groups excluding carboxylic acids is 2. The average molecular weight is 348 g/mol. The molecule has 4 nitrogen and oxygen atoms in total. The highest BCUT2D eigenvalue weighted by Crippen LogP contribution is 2.25. The molecule has 0 N–H and O–H groups in total. The van der Waals surface area contributed by atoms with E-state index in [-0.39, 0.29) is 12.5 Å². The van der Waals surface area contributed by atoms with Gasteiger partial charge in [0.15, 0.2) is 0 Å². The first kappa shape index (κ1) is 19.2. The van der Waals surface area contributed by atoms with Crippen LogP contribution in [0.3, 0.4) is 0 Å². The van der Waals surface area contributed by atoms with Gasteiger partial charge in [-0.1, -0.05) is 42.5 Å². The number of anilines is 1. The van der Waals surface area contributed by atoms with Crippen molar-refractivity contribution in [1.82, 2.24) is 4.90 Å². The summed E-state index contributed by atoms with van der Waals surface area (Å²) in [6, 6.07) is 13.7. The molecule has 0 saturated heterocycles. The molecule has 0 fully saturated rings. The van der Waals surface area contributed by atoms with Gasteiger partial charge in [-0.15, -0.1) is 6.58 Å². The minimum Gasteiger partial charge on any atom is -0.345 e. The summed E-state index contributed by atoms with van der Waals surface area (Å²) in [5, 5.41) is 0. The van der Waals surface area contributed by atoms with Gasteiger partial charge in [0, 0.05) is 30.5 Å². The lowest BCUT2D eigenvalue weighted by atomic mass is 10.0. The second-order valence-electron chi connectivity index (χ2n) is 6.22. The molecular formula is C22H24N2O2. The number of hydrogen-bond donors (Lipinski definition) is 0. The fraction of sp³-hybridized carbons (Fsp3) is 0.182. The van der Waals surface area contributed by atoms with E-state index >= 15 is 0 Å². The molecule has 4 heteroatoms. The third-order valence-electron chi connectivity index (χ3n) is 4.34. The first-order valence-corrected chi connectivity index (χ1v) is 8.36. The van der Waals surface area contributed by atoms with Gasteiger partial charge < -0.3 is 4.90 Å². The zero-order valence-corrected chi connectivity index (χ0v) is 15.5. The molecule has 134 valence electrons. The van der Waals surface area contributed by atoms with Gasteiger partial charge in [-0.3, -0.25) is 14.5 Å². The standard InChI is InChI=1S/C22H24N2O2/c1-6-13-24(15-25)22(26)21-14-19(10-9-17(21)3)18(4)23(5)20-11-7-16(2)8-12-20/h6-12,14-15H,1,4,13H2,2-3,5H3. The normalized spacial score (nSPS) is 10.1. The van der Waals surface area contributed by atoms with Gasteiger partial charge in [-0.25, -0.2) is 0 Å². The maximum atomic E-state index is 12.6. The number of hydrogen-bond acceptors (Lipinski definition) is 3. The smallest absolute Gasteiger partial charge is 0.260 e. The number of amides is 2. The Kier molecular flexibility index (Phi) is 6.12. The van der Waals surface area contributed by atoms with Gasteiger partial charge in [-0.2, -0.15) is 0 Å². The van der Waals surface area contributed by atoms with E-state index in [1.807, 2.05) is 62.2 Å². The second kappa shape index (κ2) is 8.30. The molecule has 2 aromatic rings. The molecule has 0 atom stereocenters. The summed E-state index contributed by atoms with van der Waals surface area (Å²) in [7, 11) is 1.93. The van der Waals surface area contributed by atoms with Crippen LogP contribution >= 0.6 is 0 Å². The fourth-order valence-electron chi connectivity index (χ4n) is 2.62. The lowest BCUT2D eigenvalue weighted by molar-refractivity contribution is -0.115. The monoisotopic (exact) mass is 348 g/mol. The van der Waals surface area contributed by atoms with Crippen LogP contribution in [0.25, 0.3) is 5.70 Å². The molecule has 0 bridgehead atoms. The summed E-state index contributed by atoms with van der Waals surface area (Å²) in [5.41, 5.74) is 5.08. The minimum atomic E-state index is -0.343. The van der Waals surface area contributed by atoms with Crippen LogP contribution in [-0.4, -0.2) is 30.8 Å². The summed E-state index contributed by atoms with van der Waals surface area (Å²) >= 11 is 0. The number of carbonyl (C=O) groups is 2. The molecule has 0 aromatic heterocycles. The Labute approximate surface area is 155 Å². The van der Waals surface area contributed by atoms with Crippen molar-refractivity contribution in [2.24, 2.45) is 0 Å². The quantitative estimate of drug-likeness (QED) is 0.556. The lowest BCUT2D eigenvalue weighted by Crippen LogP contribution is -2.30. The van der Waals surface area contributed by atoms with Crippen LogP contribution in [0.5, 0.6) is 0 Å². The molecule has 0 unspecified atom stereocenters. The van der Waals surface area contributed by atoms with Gasteiger partial charge in [0.1, 0.15) is 0 Å². The summed E-state index contributed by atoms with van der Waals surface area (Å²) in [4.78, 5) is 26.9. The Morgan fingerprint density at radius 3 is 2.35 bits per heavy atom. The Balaban J connectivity index is 2.34. The Hall–Kier alpha value is -3.14. The van der Waals surface area contributed by atoms with Gasteiger partial charge in [0.25, 0.3) is 5.91 Å². The molecule has 0 heterocycles. The van der Waals surface area contributed by atoms with Crippen molar-refractivity contribution in [2.45, 2.75) is 13.8 Å². The van der Waals surface area contributed by atoms with E-state index in [9.17, 15) is 9.59 Å². The molecule has 26 heavy (non-hydrogen) atoms. The van der Waals surface area contributed by atoms with Crippen molar-refractivity contribution in [3.05, 3.63) is 84.0 Å². The first-order chi connectivity index (χ1) is 12.4. The SMILES string of the molecule is C=CCN(C=O)C(=O)c1cc(C(=C)N(C)c2ccc(C)cc2)ccc1C. The van der Waals surface area contributed by atoms with Crippen LogP contribution in [-0.2, 0) is 4.79 Å². The van der Waals surface area contributed by atoms with Crippen LogP contribution in [0.1, 0.15) is 27.0 Å². The molecule has 2 amide bonds. The van der Waals surface area contributed by atoms with Crippen molar-refractivity contribution >= 4 is 23.7 Å². The number of rotatable bonds is 7. The third-order valence-corrected chi connectivity index (χ3v) is 4.34. The molecule has 0 aliphatic carbocycles. The van der Waals surface area contributed by atoms with Crippen LogP contribution in [0, 0.1) is 13.8 Å². The molecule has 0 saturated carbocycles. The first-order valence-electron chi connectivity index (χ1n) is 8.36. The number of aryl methyl sites for hydroxylation is 2. The van der Waals surface area contributed by atoms with Crippen molar-refractivity contribution in [3.8, 4) is 0 Å². The van der Waals surface area contributed by atoms with Crippen molar-refractivity contribution in [2.75, 3.05) is 18.5 Å². The zero-order chi connectivity index (χ0) is 19.3. The van der Waals surface area contributed by atoms with Crippen LogP contribution in [0.2, 0.25) is 0 Å². The highest BCUT2D eigenvalue weighted by molar-refractivity contribution is 6.01. The summed E-state index contributed by atoms with van der Waals surface area (Å²) in [6.07, 6.45) is 2.05. The maximum Gasteiger partial charge on any atom is 0.260 e. The Bertz CT molecular complexity index is 838. The minimum absolute atomic E-state index is 0.177. The van der Waals surface area contributed by atoms with E-state index in [4.69, 9.17) is 0 Å². The predicted molar refractivity (Wildman–Crippen MR) is 107 cm³/mol. The van der Waals surface area contributed by atoms with Crippen LogP contribution in [0.4, 0.5) is 5.69 Å². The summed E-state index contributed by atoms with van der Waals surface area (Å²) < 4.78 is 0. The van der Waals surface area contributed by atoms with Crippen LogP contribution < -0.4 is 4.90 Å². The highest BCUT2D eigenvalue weighted by atomic mass is 16.2. The Morgan fingerprint density at radius 2 is 1.77 bits per heavy atom. The van der Waals surface area contributed by atoms with E-state index in [0.29, 0.717) is 12.0 Å². The average Bonchev–Trinajstić information content (AvgIpc) is 2.65. The molecular weight excluding hydrogens is 324 g/mol. The van der Waals surface area contributed by atoms with Gasteiger partial charge >= 0.3 is 0 Å². The van der Waals surface area contributed by atoms with E-state index in [0.717, 1.165) is 27.4 Å². The summed E-state index contributed by atoms with van der Waals surface area (Å²) in [6.45, 7) is 11.8. The lowest BCUT2D eigenvalue weighted by Gasteiger charge is -2.23. The molecule has 2 rings (SSSR count). The number of benzene rings is 2. The van der Waals surface area contributed by atoms with Gasteiger partial charge in [-0.05, 0) is 43.2 Å². The van der Waals surface area contributed by atoms with Gasteiger partial charge in [0.05, 0.1) is 0 Å². The van der Waals surface area contributed by atoms with Crippen molar-refractivity contribution in [1.29, 1.82) is 0 Å². The van der Waals surface area contributed by atoms with E-state index in [1.165, 1.54) is 11.6 Å². The zero-order valence-electron chi connectivity index (χ0n) is 15.5. The molecule has 2 aromatic carbocycles. The fourth-order valence-corrected chi connectivity index (χ4v) is 2.62. The summed E-state index contributed by atoms with van der Waals surface area (Å²) in [5.74, 6) is -0.343.